The fourth-order valence-electron chi connectivity index (χ4n) is 3.66. The number of benzene rings is 3. The van der Waals surface area contributed by atoms with Crippen molar-refractivity contribution in [3.8, 4) is 16.9 Å². The second-order valence-electron chi connectivity index (χ2n) is 7.60. The molecule has 5 heteroatoms. The Labute approximate surface area is 175 Å². The smallest absolute Gasteiger partial charge is 0.307 e. The molecule has 0 aromatic heterocycles. The van der Waals surface area contributed by atoms with Gasteiger partial charge in [0.05, 0.1) is 11.8 Å². The Kier molecular flexibility index (Phi) is 5.53. The minimum Gasteiger partial charge on any atom is -0.489 e. The van der Waals surface area contributed by atoms with E-state index in [9.17, 15) is 14.7 Å². The van der Waals surface area contributed by atoms with Gasteiger partial charge >= 0.3 is 5.97 Å². The van der Waals surface area contributed by atoms with E-state index >= 15 is 0 Å². The fourth-order valence-corrected chi connectivity index (χ4v) is 3.66. The zero-order valence-electron chi connectivity index (χ0n) is 16.7. The van der Waals surface area contributed by atoms with Gasteiger partial charge in [-0.3, -0.25) is 9.59 Å². The highest BCUT2D eigenvalue weighted by Crippen LogP contribution is 2.32. The van der Waals surface area contributed by atoms with Crippen LogP contribution in [-0.4, -0.2) is 17.0 Å². The van der Waals surface area contributed by atoms with E-state index < -0.39 is 17.8 Å². The molecule has 2 unspecified atom stereocenters. The molecular formula is C25H23NO4. The molecule has 3 aromatic carbocycles. The molecule has 0 bridgehead atoms. The third-order valence-corrected chi connectivity index (χ3v) is 5.58. The number of aliphatic carboxylic acids is 1. The summed E-state index contributed by atoms with van der Waals surface area (Å²) < 4.78 is 5.91. The number of carbonyl (C=O) groups excluding carboxylic acids is 1. The topological polar surface area (TPSA) is 75.6 Å². The zero-order valence-corrected chi connectivity index (χ0v) is 16.7. The lowest BCUT2D eigenvalue weighted by atomic mass is 9.84. The number of rotatable bonds is 6. The van der Waals surface area contributed by atoms with Gasteiger partial charge in [0, 0.05) is 11.8 Å². The minimum atomic E-state index is -0.961. The first-order chi connectivity index (χ1) is 14.5. The van der Waals surface area contributed by atoms with Crippen LogP contribution in [0.5, 0.6) is 5.75 Å². The highest BCUT2D eigenvalue weighted by Gasteiger charge is 2.34. The van der Waals surface area contributed by atoms with Crippen molar-refractivity contribution in [1.29, 1.82) is 0 Å². The van der Waals surface area contributed by atoms with Gasteiger partial charge in [0.15, 0.2) is 0 Å². The Balaban J connectivity index is 1.41. The quantitative estimate of drug-likeness (QED) is 0.624. The molecule has 3 aromatic rings. The van der Waals surface area contributed by atoms with Crippen LogP contribution in [0.15, 0.2) is 72.8 Å². The molecule has 0 radical (unpaired) electrons. The van der Waals surface area contributed by atoms with Crippen LogP contribution in [0.1, 0.15) is 18.1 Å². The first-order valence-electron chi connectivity index (χ1n) is 9.95. The summed E-state index contributed by atoms with van der Waals surface area (Å²) in [4.78, 5) is 23.6. The van der Waals surface area contributed by atoms with Gasteiger partial charge in [0.25, 0.3) is 0 Å². The summed E-state index contributed by atoms with van der Waals surface area (Å²) in [6.45, 7) is 1.98. The highest BCUT2D eigenvalue weighted by atomic mass is 16.5. The van der Waals surface area contributed by atoms with Crippen molar-refractivity contribution in [3.05, 3.63) is 83.9 Å². The molecule has 1 aliphatic heterocycles. The number of fused-ring (bicyclic) bond motifs is 1. The first kappa shape index (κ1) is 19.7. The summed E-state index contributed by atoms with van der Waals surface area (Å²) in [5.41, 5.74) is 4.98. The Morgan fingerprint density at radius 3 is 2.47 bits per heavy atom. The van der Waals surface area contributed by atoms with Crippen molar-refractivity contribution in [1.82, 2.24) is 0 Å². The van der Waals surface area contributed by atoms with Crippen LogP contribution < -0.4 is 10.1 Å². The van der Waals surface area contributed by atoms with Gasteiger partial charge in [0.2, 0.25) is 5.91 Å². The Bertz CT molecular complexity index is 1060. The molecule has 1 heterocycles. The van der Waals surface area contributed by atoms with E-state index in [-0.39, 0.29) is 5.91 Å². The summed E-state index contributed by atoms with van der Waals surface area (Å²) in [6, 6.07) is 24.0. The normalized spacial score (nSPS) is 16.3. The maximum Gasteiger partial charge on any atom is 0.307 e. The van der Waals surface area contributed by atoms with Gasteiger partial charge in [-0.1, -0.05) is 67.6 Å². The molecule has 0 fully saturated rings. The molecule has 0 saturated carbocycles. The van der Waals surface area contributed by atoms with Crippen LogP contribution in [0.3, 0.4) is 0 Å². The van der Waals surface area contributed by atoms with Crippen LogP contribution in [0.2, 0.25) is 0 Å². The molecule has 0 saturated heterocycles. The monoisotopic (exact) mass is 401 g/mol. The van der Waals surface area contributed by atoms with E-state index in [1.165, 1.54) is 5.56 Å². The molecule has 5 nitrogen and oxygen atoms in total. The summed E-state index contributed by atoms with van der Waals surface area (Å²) in [5, 5.41) is 12.0. The average Bonchev–Trinajstić information content (AvgIpc) is 2.77. The van der Waals surface area contributed by atoms with Crippen molar-refractivity contribution < 1.29 is 19.4 Å². The van der Waals surface area contributed by atoms with Gasteiger partial charge in [-0.2, -0.15) is 0 Å². The molecule has 152 valence electrons. The Morgan fingerprint density at radius 1 is 1.07 bits per heavy atom. The van der Waals surface area contributed by atoms with Gasteiger partial charge < -0.3 is 15.2 Å². The number of hydrogen-bond donors (Lipinski definition) is 2. The number of carbonyl (C=O) groups is 2. The molecule has 4 rings (SSSR count). The second-order valence-corrected chi connectivity index (χ2v) is 7.60. The predicted octanol–water partition coefficient (Wildman–Crippen LogP) is 4.76. The Hall–Kier alpha value is -3.60. The molecule has 0 spiro atoms. The summed E-state index contributed by atoms with van der Waals surface area (Å²) >= 11 is 0. The van der Waals surface area contributed by atoms with E-state index in [1.54, 1.807) is 13.0 Å². The van der Waals surface area contributed by atoms with Crippen molar-refractivity contribution in [3.63, 3.8) is 0 Å². The van der Waals surface area contributed by atoms with Crippen LogP contribution in [0.4, 0.5) is 5.69 Å². The van der Waals surface area contributed by atoms with Gasteiger partial charge in [-0.05, 0) is 34.7 Å². The molecular weight excluding hydrogens is 378 g/mol. The van der Waals surface area contributed by atoms with Gasteiger partial charge in [-0.25, -0.2) is 0 Å². The number of carboxylic acids is 1. The van der Waals surface area contributed by atoms with E-state index in [0.29, 0.717) is 24.5 Å². The zero-order chi connectivity index (χ0) is 21.1. The number of hydrogen-bond acceptors (Lipinski definition) is 3. The summed E-state index contributed by atoms with van der Waals surface area (Å²) in [6.07, 6.45) is 0.413. The van der Waals surface area contributed by atoms with Crippen molar-refractivity contribution in [2.24, 2.45) is 11.8 Å². The molecule has 30 heavy (non-hydrogen) atoms. The molecule has 2 atom stereocenters. The van der Waals surface area contributed by atoms with Gasteiger partial charge in [-0.15, -0.1) is 0 Å². The predicted molar refractivity (Wildman–Crippen MR) is 115 cm³/mol. The SMILES string of the molecule is CC(C(=O)O)C1Cc2ccc(OCc3ccc(-c4ccccc4)cc3)cc2NC1=O. The third kappa shape index (κ3) is 4.20. The second kappa shape index (κ2) is 8.41. The van der Waals surface area contributed by atoms with Crippen molar-refractivity contribution in [2.45, 2.75) is 20.0 Å². The van der Waals surface area contributed by atoms with Crippen molar-refractivity contribution in [2.75, 3.05) is 5.32 Å². The maximum atomic E-state index is 12.3. The average molecular weight is 401 g/mol. The summed E-state index contributed by atoms with van der Waals surface area (Å²) in [7, 11) is 0. The number of ether oxygens (including phenoxy) is 1. The highest BCUT2D eigenvalue weighted by molar-refractivity contribution is 5.98. The molecule has 2 N–H and O–H groups in total. The number of amides is 1. The number of anilines is 1. The van der Waals surface area contributed by atoms with Crippen LogP contribution in [0.25, 0.3) is 11.1 Å². The lowest BCUT2D eigenvalue weighted by Crippen LogP contribution is -2.37. The first-order valence-corrected chi connectivity index (χ1v) is 9.95. The summed E-state index contributed by atoms with van der Waals surface area (Å²) in [5.74, 6) is -1.85. The third-order valence-electron chi connectivity index (χ3n) is 5.58. The number of nitrogens with one attached hydrogen (secondary N) is 1. The van der Waals surface area contributed by atoms with E-state index in [1.807, 2.05) is 42.5 Å². The maximum absolute atomic E-state index is 12.3. The standard InChI is InChI=1S/C25H23NO4/c1-16(25(28)29)22-13-20-11-12-21(14-23(20)26-24(22)27)30-15-17-7-9-19(10-8-17)18-5-3-2-4-6-18/h2-12,14,16,22H,13,15H2,1H3,(H,26,27)(H,28,29). The number of carboxylic acid groups (broad SMARTS) is 1. The van der Waals surface area contributed by atoms with Crippen LogP contribution in [-0.2, 0) is 22.6 Å². The lowest BCUT2D eigenvalue weighted by Gasteiger charge is -2.27. The van der Waals surface area contributed by atoms with Crippen LogP contribution in [0, 0.1) is 11.8 Å². The Morgan fingerprint density at radius 2 is 1.77 bits per heavy atom. The molecule has 1 amide bonds. The lowest BCUT2D eigenvalue weighted by molar-refractivity contribution is -0.145. The fraction of sp³-hybridized carbons (Fsp3) is 0.200. The molecule has 0 aliphatic carbocycles. The molecule has 1 aliphatic rings. The van der Waals surface area contributed by atoms with Crippen molar-refractivity contribution >= 4 is 17.6 Å². The largest absolute Gasteiger partial charge is 0.489 e. The van der Waals surface area contributed by atoms with E-state index in [2.05, 4.69) is 29.6 Å². The van der Waals surface area contributed by atoms with Gasteiger partial charge in [0.1, 0.15) is 12.4 Å². The van der Waals surface area contributed by atoms with E-state index in [0.717, 1.165) is 16.7 Å². The van der Waals surface area contributed by atoms with Crippen LogP contribution >= 0.6 is 0 Å². The minimum absolute atomic E-state index is 0.258. The van der Waals surface area contributed by atoms with E-state index in [4.69, 9.17) is 4.74 Å².